The molecule has 6 aliphatic heterocycles. The molecule has 596 valence electrons. The van der Waals surface area contributed by atoms with Crippen LogP contribution in [-0.4, -0.2) is 159 Å². The Morgan fingerprint density at radius 1 is 0.408 bits per heavy atom. The number of imide groups is 2. The summed E-state index contributed by atoms with van der Waals surface area (Å²) in [6.07, 6.45) is 22.6. The lowest BCUT2D eigenvalue weighted by molar-refractivity contribution is -0.139. The number of benzene rings is 2. The van der Waals surface area contributed by atoms with Gasteiger partial charge < -0.3 is 37.9 Å². The highest BCUT2D eigenvalue weighted by Crippen LogP contribution is 2.18. The monoisotopic (exact) mass is 1590 g/mol. The molecule has 120 heavy (non-hydrogen) atoms. The van der Waals surface area contributed by atoms with E-state index < -0.39 is 11.9 Å². The van der Waals surface area contributed by atoms with E-state index in [4.69, 9.17) is 37.9 Å². The van der Waals surface area contributed by atoms with Gasteiger partial charge in [-0.2, -0.15) is 0 Å². The van der Waals surface area contributed by atoms with Gasteiger partial charge in [-0.25, -0.2) is 29.6 Å². The van der Waals surface area contributed by atoms with Crippen molar-refractivity contribution in [1.29, 1.82) is 0 Å². The minimum atomic E-state index is -0.506. The molecule has 6 aliphatic rings. The largest absolute Gasteiger partial charge is 0.478 e. The number of carbonyl (C=O) groups excluding carboxylic acids is 8. The Bertz CT molecular complexity index is 5240. The van der Waals surface area contributed by atoms with Gasteiger partial charge in [0.25, 0.3) is 23.6 Å². The summed E-state index contributed by atoms with van der Waals surface area (Å²) in [5.74, 6) is 83.7. The average molecular weight is 1600 g/mol. The zero-order valence-electron chi connectivity index (χ0n) is 66.3. The summed E-state index contributed by atoms with van der Waals surface area (Å²) in [7, 11) is 0. The number of amides is 4. The van der Waals surface area contributed by atoms with E-state index in [1.54, 1.807) is 0 Å². The lowest BCUT2D eigenvalue weighted by Crippen LogP contribution is -2.30. The quantitative estimate of drug-likeness (QED) is 0.0191. The molecule has 8 rings (SSSR count). The fraction of sp³-hybridized carbons (Fsp3) is 0.306. The first-order valence-corrected chi connectivity index (χ1v) is 37.8. The highest BCUT2D eigenvalue weighted by molar-refractivity contribution is 6.13. The van der Waals surface area contributed by atoms with Crippen LogP contribution in [0, 0.1) is 214 Å². The second-order valence-corrected chi connectivity index (χ2v) is 24.1. The van der Waals surface area contributed by atoms with Crippen molar-refractivity contribution in [2.24, 2.45) is 20.0 Å². The summed E-state index contributed by atoms with van der Waals surface area (Å²) >= 11 is 0. The first kappa shape index (κ1) is 94.1. The molecule has 2 unspecified atom stereocenters. The van der Waals surface area contributed by atoms with Gasteiger partial charge in [-0.3, -0.25) is 38.6 Å². The number of ether oxygens (including phenoxy) is 8. The van der Waals surface area contributed by atoms with Gasteiger partial charge in [0.2, 0.25) is 11.8 Å². The molecule has 2 aromatic rings. The van der Waals surface area contributed by atoms with Gasteiger partial charge in [0.15, 0.2) is 11.8 Å². The SMILES string of the molecule is C=CC(=O)OCCCCCCOC(=O)C=C.CCC1COC(Cc2cccc(CC3=NC(CC)CO3)c2)=N1.O=C(CCCCCN1C(=O)C=CC1=O)OC#CC#CC#CC#CC#CC#CC#CC#CC#CC#CC#CC#CC#CC#CC#CC#CC#CC#COC(=O)CCCCCN1C(=O)C=CC1=O.c1cc(C2=NCCO2)cc(C2=NCCO2)c1. The van der Waals surface area contributed by atoms with E-state index in [9.17, 15) is 38.4 Å². The highest BCUT2D eigenvalue weighted by atomic mass is 16.5. The number of rotatable bonds is 29. The summed E-state index contributed by atoms with van der Waals surface area (Å²) in [4.78, 5) is 111. The van der Waals surface area contributed by atoms with E-state index in [0.717, 1.165) is 134 Å². The normalized spacial score (nSPS) is 13.2. The number of hydrogen-bond donors (Lipinski definition) is 0. The Kier molecular flexibility index (Phi) is 47.9. The van der Waals surface area contributed by atoms with Gasteiger partial charge in [-0.05, 0) is 93.5 Å². The summed E-state index contributed by atoms with van der Waals surface area (Å²) in [6, 6.07) is 17.2. The van der Waals surface area contributed by atoms with E-state index >= 15 is 0 Å². The summed E-state index contributed by atoms with van der Waals surface area (Å²) in [6.45, 7) is 16.6. The maximum atomic E-state index is 11.7. The lowest BCUT2D eigenvalue weighted by Gasteiger charge is -2.12. The molecule has 0 fully saturated rings. The molecule has 4 amide bonds. The third-order valence-corrected chi connectivity index (χ3v) is 15.4. The van der Waals surface area contributed by atoms with Crippen LogP contribution in [0.15, 0.2) is 118 Å². The van der Waals surface area contributed by atoms with Crippen LogP contribution in [0.5, 0.6) is 0 Å². The molecule has 0 saturated heterocycles. The number of nitrogens with zero attached hydrogens (tertiary/aromatic N) is 6. The van der Waals surface area contributed by atoms with Crippen molar-refractivity contribution in [2.45, 2.75) is 129 Å². The van der Waals surface area contributed by atoms with Crippen molar-refractivity contribution in [3.05, 3.63) is 120 Å². The molecular weight excluding hydrogens is 1520 g/mol. The number of carbonyl (C=O) groups is 8. The Balaban J connectivity index is 0.000000373. The molecule has 0 saturated carbocycles. The van der Waals surface area contributed by atoms with Crippen molar-refractivity contribution in [3.8, 4) is 214 Å². The Hall–Kier alpha value is -16.5. The third-order valence-electron chi connectivity index (χ3n) is 15.4. The molecule has 6 heterocycles. The Labute approximate surface area is 701 Å². The zero-order chi connectivity index (χ0) is 85.8. The van der Waals surface area contributed by atoms with Crippen molar-refractivity contribution in [3.63, 3.8) is 0 Å². The molecule has 0 radical (unpaired) electrons. The van der Waals surface area contributed by atoms with Crippen LogP contribution >= 0.6 is 0 Å². The van der Waals surface area contributed by atoms with Gasteiger partial charge in [0.1, 0.15) is 38.6 Å². The fourth-order valence-electron chi connectivity index (χ4n) is 9.63. The first-order chi connectivity index (χ1) is 58.8. The summed E-state index contributed by atoms with van der Waals surface area (Å²) in [5.41, 5.74) is 4.46. The molecule has 2 aromatic carbocycles. The molecule has 0 bridgehead atoms. The molecule has 0 N–H and O–H groups in total. The van der Waals surface area contributed by atoms with Gasteiger partial charge in [-0.1, -0.05) is 70.2 Å². The first-order valence-electron chi connectivity index (χ1n) is 37.8. The molecular formula is C98H78N6O16. The minimum Gasteiger partial charge on any atom is -0.478 e. The van der Waals surface area contributed by atoms with Crippen molar-refractivity contribution < 1.29 is 76.3 Å². The van der Waals surface area contributed by atoms with Gasteiger partial charge in [0, 0.05) is 288 Å². The topological polar surface area (TPSA) is 266 Å². The maximum Gasteiger partial charge on any atom is 0.330 e. The van der Waals surface area contributed by atoms with Crippen LogP contribution in [0.25, 0.3) is 0 Å². The Morgan fingerprint density at radius 3 is 1.01 bits per heavy atom. The van der Waals surface area contributed by atoms with E-state index in [0.29, 0.717) is 90.1 Å². The Morgan fingerprint density at radius 2 is 0.717 bits per heavy atom. The fourth-order valence-corrected chi connectivity index (χ4v) is 9.63. The van der Waals surface area contributed by atoms with E-state index in [1.807, 2.05) is 24.3 Å². The smallest absolute Gasteiger partial charge is 0.330 e. The molecule has 0 aromatic heterocycles. The van der Waals surface area contributed by atoms with Gasteiger partial charge in [0.05, 0.1) is 38.4 Å². The number of hydrogen-bond acceptors (Lipinski definition) is 20. The van der Waals surface area contributed by atoms with Crippen LogP contribution in [0.2, 0.25) is 0 Å². The molecule has 0 aliphatic carbocycles. The van der Waals surface area contributed by atoms with Crippen LogP contribution in [0.3, 0.4) is 0 Å². The maximum absolute atomic E-state index is 11.7. The average Bonchev–Trinajstić information content (AvgIpc) is 1.73. The zero-order valence-corrected chi connectivity index (χ0v) is 66.3. The van der Waals surface area contributed by atoms with Crippen molar-refractivity contribution in [2.75, 3.05) is 65.8 Å². The minimum absolute atomic E-state index is 0.148. The van der Waals surface area contributed by atoms with E-state index in [2.05, 4.69) is 285 Å². The predicted molar refractivity (Wildman–Crippen MR) is 452 cm³/mol. The predicted octanol–water partition coefficient (Wildman–Crippen LogP) is 7.45. The molecule has 2 atom stereocenters. The molecule has 22 heteroatoms. The molecule has 0 spiro atoms. The van der Waals surface area contributed by atoms with E-state index in [-0.39, 0.29) is 48.4 Å². The van der Waals surface area contributed by atoms with Crippen LogP contribution < -0.4 is 0 Å². The van der Waals surface area contributed by atoms with Gasteiger partial charge in [-0.15, -0.1) is 0 Å². The third kappa shape index (κ3) is 43.5. The summed E-state index contributed by atoms with van der Waals surface area (Å²) in [5, 5.41) is 0. The second-order valence-electron chi connectivity index (χ2n) is 24.1. The van der Waals surface area contributed by atoms with Crippen LogP contribution in [0.4, 0.5) is 0 Å². The van der Waals surface area contributed by atoms with Crippen LogP contribution in [0.1, 0.15) is 126 Å². The highest BCUT2D eigenvalue weighted by Gasteiger charge is 2.24. The lowest BCUT2D eigenvalue weighted by atomic mass is 10.1. The van der Waals surface area contributed by atoms with Crippen molar-refractivity contribution in [1.82, 2.24) is 9.80 Å². The van der Waals surface area contributed by atoms with Crippen LogP contribution in [-0.2, 0) is 89.1 Å². The molecule has 22 nitrogen and oxygen atoms in total. The van der Waals surface area contributed by atoms with E-state index in [1.165, 1.54) is 35.4 Å². The van der Waals surface area contributed by atoms with Gasteiger partial charge >= 0.3 is 23.9 Å². The number of esters is 4. The standard InChI is InChI=1S/C56H24N2O8.C18H24N2O2.C12H12N2O2.C12H18O4/c59-51-43-44-52(60)57(51)47-37-33-35-41-55(63)65-49-39-31-29-27-25-23-21-19-17-15-13-11-9-7-5-3-1-2-4-6-8-10-12-14-16-18-20-22-24-26-28-30-32-40-50-66-56(64)42-36-34-38-48-58-53(61)45-46-54(58)62;1-3-15-11-21-17(19-15)9-13-6-5-7-14(8-13)10-18-20-16(4-2)12-22-18;1-2-9(11-13-4-6-15-11)8-10(3-1)12-14-5-7-16-12;1-3-11(13)15-9-7-5-6-8-10-16-12(14)4-2/h43-46H,33-38,41-42,47-48H2;5-8,15-16H,3-4,9-12H2,1-2H3;1-3,8H,4-7H2;3-4H,1-2,5-10H2. The number of unbranched alkanes of at least 4 members (excludes halogenated alkanes) is 7. The summed E-state index contributed by atoms with van der Waals surface area (Å²) < 4.78 is 41.3. The van der Waals surface area contributed by atoms with Crippen molar-refractivity contribution >= 4 is 71.1 Å². The number of aliphatic imine (C=N–C) groups is 4. The second kappa shape index (κ2) is 61.1.